The predicted molar refractivity (Wildman–Crippen MR) is 72.1 cm³/mol. The second kappa shape index (κ2) is 6.76. The summed E-state index contributed by atoms with van der Waals surface area (Å²) in [6.07, 6.45) is 3.12. The topological polar surface area (TPSA) is 40.6 Å². The van der Waals surface area contributed by atoms with E-state index in [1.165, 1.54) is 0 Å². The van der Waals surface area contributed by atoms with E-state index < -0.39 is 0 Å². The molecule has 0 aromatic carbocycles. The summed E-state index contributed by atoms with van der Waals surface area (Å²) in [6.45, 7) is 8.46. The van der Waals surface area contributed by atoms with Crippen LogP contribution in [-0.4, -0.2) is 48.3 Å². The van der Waals surface area contributed by atoms with Gasteiger partial charge in [0.15, 0.2) is 0 Å². The zero-order chi connectivity index (χ0) is 13.7. The first kappa shape index (κ1) is 15.0. The minimum atomic E-state index is -0.357. The van der Waals surface area contributed by atoms with E-state index >= 15 is 0 Å². The Kier molecular flexibility index (Phi) is 5.63. The van der Waals surface area contributed by atoms with Crippen LogP contribution in [0.5, 0.6) is 0 Å². The lowest BCUT2D eigenvalue weighted by Crippen LogP contribution is -2.49. The van der Waals surface area contributed by atoms with Gasteiger partial charge in [-0.25, -0.2) is 0 Å². The van der Waals surface area contributed by atoms with Crippen molar-refractivity contribution in [3.63, 3.8) is 0 Å². The number of hydrogen-bond donors (Lipinski definition) is 0. The summed E-state index contributed by atoms with van der Waals surface area (Å²) >= 11 is 0. The number of likely N-dealkylation sites (tertiary alicyclic amines) is 1. The molecule has 0 aromatic rings. The molecule has 4 heteroatoms. The molecule has 0 saturated carbocycles. The summed E-state index contributed by atoms with van der Waals surface area (Å²) in [5.74, 6) is 0.301. The maximum atomic E-state index is 12.1. The van der Waals surface area contributed by atoms with E-state index in [0.29, 0.717) is 18.4 Å². The third kappa shape index (κ3) is 4.00. The smallest absolute Gasteiger partial charge is 0.312 e. The monoisotopic (exact) mass is 254 g/mol. The maximum absolute atomic E-state index is 12.1. The minimum Gasteiger partial charge on any atom is -0.338 e. The molecule has 1 saturated heterocycles. The number of likely N-dealkylation sites (N-methyl/N-ethyl adjacent to an activating group) is 1. The molecule has 1 aliphatic rings. The fourth-order valence-electron chi connectivity index (χ4n) is 2.62. The molecule has 0 radical (unpaired) electrons. The molecule has 2 unspecified atom stereocenters. The first-order chi connectivity index (χ1) is 8.45. The van der Waals surface area contributed by atoms with Crippen molar-refractivity contribution in [2.75, 3.05) is 26.7 Å². The minimum absolute atomic E-state index is 0.327. The molecule has 104 valence electrons. The Morgan fingerprint density at radius 1 is 1.22 bits per heavy atom. The Morgan fingerprint density at radius 3 is 2.28 bits per heavy atom. The number of rotatable bonds is 3. The van der Waals surface area contributed by atoms with Crippen molar-refractivity contribution in [2.45, 2.75) is 40.0 Å². The van der Waals surface area contributed by atoms with Crippen molar-refractivity contribution < 1.29 is 9.59 Å². The van der Waals surface area contributed by atoms with Gasteiger partial charge in [-0.15, -0.1) is 0 Å². The number of carbonyl (C=O) groups is 2. The van der Waals surface area contributed by atoms with Gasteiger partial charge in [-0.3, -0.25) is 9.59 Å². The molecule has 2 atom stereocenters. The largest absolute Gasteiger partial charge is 0.338 e. The molecular weight excluding hydrogens is 228 g/mol. The van der Waals surface area contributed by atoms with Crippen molar-refractivity contribution in [3.8, 4) is 0 Å². The molecule has 4 nitrogen and oxygen atoms in total. The van der Waals surface area contributed by atoms with Crippen molar-refractivity contribution >= 4 is 11.8 Å². The third-order valence-corrected chi connectivity index (χ3v) is 3.53. The number of amides is 2. The number of unbranched alkanes of at least 4 members (excludes halogenated alkanes) is 1. The number of hydrogen-bond acceptors (Lipinski definition) is 2. The van der Waals surface area contributed by atoms with Crippen LogP contribution in [0.25, 0.3) is 0 Å². The zero-order valence-corrected chi connectivity index (χ0v) is 12.1. The van der Waals surface area contributed by atoms with Gasteiger partial charge in [-0.05, 0) is 24.7 Å². The van der Waals surface area contributed by atoms with Gasteiger partial charge in [0.1, 0.15) is 0 Å². The Hall–Kier alpha value is -1.06. The summed E-state index contributed by atoms with van der Waals surface area (Å²) in [6, 6.07) is 0. The van der Waals surface area contributed by atoms with E-state index in [2.05, 4.69) is 20.8 Å². The Morgan fingerprint density at radius 2 is 1.78 bits per heavy atom. The van der Waals surface area contributed by atoms with Gasteiger partial charge in [0.2, 0.25) is 0 Å². The number of piperidine rings is 1. The molecule has 0 bridgehead atoms. The highest BCUT2D eigenvalue weighted by Crippen LogP contribution is 2.21. The summed E-state index contributed by atoms with van der Waals surface area (Å²) in [5.41, 5.74) is 0. The van der Waals surface area contributed by atoms with Crippen LogP contribution in [0.4, 0.5) is 0 Å². The van der Waals surface area contributed by atoms with Crippen LogP contribution < -0.4 is 0 Å². The van der Waals surface area contributed by atoms with E-state index in [0.717, 1.165) is 32.4 Å². The van der Waals surface area contributed by atoms with E-state index in [1.807, 2.05) is 0 Å². The van der Waals surface area contributed by atoms with E-state index in [1.54, 1.807) is 16.8 Å². The SMILES string of the molecule is CCCCN(C)C(=O)C(=O)N1CC(C)CC(C)C1. The molecule has 2 amide bonds. The maximum Gasteiger partial charge on any atom is 0.312 e. The molecule has 1 aliphatic heterocycles. The van der Waals surface area contributed by atoms with Crippen LogP contribution in [0, 0.1) is 11.8 Å². The van der Waals surface area contributed by atoms with Gasteiger partial charge in [0.25, 0.3) is 0 Å². The van der Waals surface area contributed by atoms with Crippen LogP contribution in [0.2, 0.25) is 0 Å². The van der Waals surface area contributed by atoms with E-state index in [9.17, 15) is 9.59 Å². The molecule has 0 aliphatic carbocycles. The van der Waals surface area contributed by atoms with Crippen LogP contribution >= 0.6 is 0 Å². The Labute approximate surface area is 110 Å². The predicted octanol–water partition coefficient (Wildman–Crippen LogP) is 1.75. The van der Waals surface area contributed by atoms with E-state index in [-0.39, 0.29) is 11.8 Å². The van der Waals surface area contributed by atoms with Gasteiger partial charge in [0.05, 0.1) is 0 Å². The van der Waals surface area contributed by atoms with Crippen molar-refractivity contribution in [2.24, 2.45) is 11.8 Å². The zero-order valence-electron chi connectivity index (χ0n) is 12.1. The molecular formula is C14H26N2O2. The molecule has 1 heterocycles. The van der Waals surface area contributed by atoms with Crippen molar-refractivity contribution in [1.29, 1.82) is 0 Å². The van der Waals surface area contributed by atoms with Crippen LogP contribution in [0.3, 0.4) is 0 Å². The van der Waals surface area contributed by atoms with Crippen molar-refractivity contribution in [3.05, 3.63) is 0 Å². The lowest BCUT2D eigenvalue weighted by molar-refractivity contribution is -0.152. The van der Waals surface area contributed by atoms with Gasteiger partial charge >= 0.3 is 11.8 Å². The molecule has 0 N–H and O–H groups in total. The second-order valence-corrected chi connectivity index (χ2v) is 5.74. The normalized spacial score (nSPS) is 23.9. The first-order valence-corrected chi connectivity index (χ1v) is 7.00. The summed E-state index contributed by atoms with van der Waals surface area (Å²) < 4.78 is 0. The van der Waals surface area contributed by atoms with Gasteiger partial charge in [-0.2, -0.15) is 0 Å². The number of nitrogens with zero attached hydrogens (tertiary/aromatic N) is 2. The second-order valence-electron chi connectivity index (χ2n) is 5.74. The van der Waals surface area contributed by atoms with Crippen LogP contribution in [0.1, 0.15) is 40.0 Å². The highest BCUT2D eigenvalue weighted by atomic mass is 16.2. The van der Waals surface area contributed by atoms with Crippen molar-refractivity contribution in [1.82, 2.24) is 9.80 Å². The summed E-state index contributed by atoms with van der Waals surface area (Å²) in [4.78, 5) is 27.4. The van der Waals surface area contributed by atoms with E-state index in [4.69, 9.17) is 0 Å². The summed E-state index contributed by atoms with van der Waals surface area (Å²) in [5, 5.41) is 0. The molecule has 1 rings (SSSR count). The molecule has 0 aromatic heterocycles. The Balaban J connectivity index is 2.54. The average molecular weight is 254 g/mol. The van der Waals surface area contributed by atoms with Gasteiger partial charge < -0.3 is 9.80 Å². The first-order valence-electron chi connectivity index (χ1n) is 7.00. The fourth-order valence-corrected chi connectivity index (χ4v) is 2.62. The average Bonchev–Trinajstić information content (AvgIpc) is 2.32. The third-order valence-electron chi connectivity index (χ3n) is 3.53. The highest BCUT2D eigenvalue weighted by molar-refractivity contribution is 6.34. The summed E-state index contributed by atoms with van der Waals surface area (Å²) in [7, 11) is 1.71. The lowest BCUT2D eigenvalue weighted by atomic mass is 9.92. The standard InChI is InChI=1S/C14H26N2O2/c1-5-6-7-15(4)13(17)14(18)16-9-11(2)8-12(3)10-16/h11-12H,5-10H2,1-4H3. The molecule has 1 fully saturated rings. The van der Waals surface area contributed by atoms with Crippen LogP contribution in [-0.2, 0) is 9.59 Å². The Bertz CT molecular complexity index is 294. The highest BCUT2D eigenvalue weighted by Gasteiger charge is 2.30. The fraction of sp³-hybridized carbons (Fsp3) is 0.857. The molecule has 18 heavy (non-hydrogen) atoms. The number of carbonyl (C=O) groups excluding carboxylic acids is 2. The molecule has 0 spiro atoms. The quantitative estimate of drug-likeness (QED) is 0.720. The van der Waals surface area contributed by atoms with Crippen LogP contribution in [0.15, 0.2) is 0 Å². The van der Waals surface area contributed by atoms with Gasteiger partial charge in [-0.1, -0.05) is 27.2 Å². The van der Waals surface area contributed by atoms with Gasteiger partial charge in [0, 0.05) is 26.7 Å². The lowest BCUT2D eigenvalue weighted by Gasteiger charge is -2.35.